The Balaban J connectivity index is 1.74. The first-order valence-corrected chi connectivity index (χ1v) is 9.87. The fourth-order valence-electron chi connectivity index (χ4n) is 3.07. The number of aromatic nitrogens is 2. The number of nitrogens with one attached hydrogen (secondary N) is 1. The molecule has 7 nitrogen and oxygen atoms in total. The molecule has 23 heavy (non-hydrogen) atoms. The third-order valence-electron chi connectivity index (χ3n) is 4.28. The minimum atomic E-state index is -3.01. The summed E-state index contributed by atoms with van der Waals surface area (Å²) in [6.45, 7) is 3.66. The van der Waals surface area contributed by atoms with Crippen molar-refractivity contribution in [1.82, 2.24) is 15.3 Å². The summed E-state index contributed by atoms with van der Waals surface area (Å²) in [5.41, 5.74) is 1.05. The number of amides is 1. The fraction of sp³-hybridized carbons (Fsp3) is 0.667. The minimum Gasteiger partial charge on any atom is -0.347 e. The Bertz CT molecular complexity index is 699. The molecule has 3 rings (SSSR count). The van der Waals surface area contributed by atoms with Crippen molar-refractivity contribution in [3.05, 3.63) is 17.5 Å². The zero-order valence-electron chi connectivity index (χ0n) is 13.3. The van der Waals surface area contributed by atoms with Gasteiger partial charge in [0.05, 0.1) is 11.5 Å². The lowest BCUT2D eigenvalue weighted by molar-refractivity contribution is 0.0936. The normalized spacial score (nSPS) is 23.7. The molecule has 2 aliphatic heterocycles. The fourth-order valence-corrected chi connectivity index (χ4v) is 4.75. The summed E-state index contributed by atoms with van der Waals surface area (Å²) in [6, 6.07) is 1.33. The van der Waals surface area contributed by atoms with E-state index in [2.05, 4.69) is 20.2 Å². The molecule has 2 saturated heterocycles. The van der Waals surface area contributed by atoms with Crippen LogP contribution in [0.5, 0.6) is 0 Å². The molecule has 0 bridgehead atoms. The van der Waals surface area contributed by atoms with Gasteiger partial charge in [-0.3, -0.25) is 4.79 Å². The molecule has 0 unspecified atom stereocenters. The molecule has 1 aromatic heterocycles. The Kier molecular flexibility index (Phi) is 4.52. The Hall–Kier alpha value is -1.70. The zero-order valence-corrected chi connectivity index (χ0v) is 14.1. The van der Waals surface area contributed by atoms with E-state index in [0.29, 0.717) is 18.1 Å². The van der Waals surface area contributed by atoms with Crippen LogP contribution in [0, 0.1) is 6.92 Å². The molecule has 0 spiro atoms. The largest absolute Gasteiger partial charge is 0.347 e. The summed E-state index contributed by atoms with van der Waals surface area (Å²) < 4.78 is 23.0. The molecule has 2 aliphatic rings. The highest BCUT2D eigenvalue weighted by molar-refractivity contribution is 7.91. The van der Waals surface area contributed by atoms with Crippen LogP contribution in [0.15, 0.2) is 6.07 Å². The summed E-state index contributed by atoms with van der Waals surface area (Å²) in [4.78, 5) is 23.3. The third-order valence-corrected chi connectivity index (χ3v) is 6.05. The Labute approximate surface area is 136 Å². The third kappa shape index (κ3) is 3.99. The molecule has 8 heteroatoms. The van der Waals surface area contributed by atoms with Gasteiger partial charge in [-0.15, -0.1) is 0 Å². The maximum absolute atomic E-state index is 12.4. The Morgan fingerprint density at radius 1 is 1.26 bits per heavy atom. The van der Waals surface area contributed by atoms with E-state index in [9.17, 15) is 13.2 Å². The van der Waals surface area contributed by atoms with Crippen LogP contribution in [0.3, 0.4) is 0 Å². The maximum Gasteiger partial charge on any atom is 0.270 e. The van der Waals surface area contributed by atoms with Gasteiger partial charge in [0, 0.05) is 24.8 Å². The number of piperidine rings is 1. The highest BCUT2D eigenvalue weighted by Crippen LogP contribution is 2.17. The number of rotatable bonds is 3. The van der Waals surface area contributed by atoms with E-state index in [1.807, 2.05) is 6.92 Å². The number of aryl methyl sites for hydroxylation is 1. The van der Waals surface area contributed by atoms with Crippen molar-refractivity contribution >= 4 is 21.7 Å². The number of nitrogens with zero attached hydrogens (tertiary/aromatic N) is 3. The topological polar surface area (TPSA) is 92.3 Å². The molecule has 2 fully saturated rings. The Morgan fingerprint density at radius 3 is 2.65 bits per heavy atom. The van der Waals surface area contributed by atoms with Crippen molar-refractivity contribution in [3.63, 3.8) is 0 Å². The van der Waals surface area contributed by atoms with Crippen LogP contribution in [-0.4, -0.2) is 54.9 Å². The van der Waals surface area contributed by atoms with E-state index < -0.39 is 9.84 Å². The monoisotopic (exact) mass is 338 g/mol. The van der Waals surface area contributed by atoms with Gasteiger partial charge >= 0.3 is 0 Å². The van der Waals surface area contributed by atoms with E-state index in [1.165, 1.54) is 6.42 Å². The molecule has 3 heterocycles. The van der Waals surface area contributed by atoms with Gasteiger partial charge in [-0.1, -0.05) is 0 Å². The summed E-state index contributed by atoms with van der Waals surface area (Å²) in [7, 11) is -3.01. The van der Waals surface area contributed by atoms with Crippen molar-refractivity contribution in [3.8, 4) is 0 Å². The molecule has 0 aromatic carbocycles. The number of carbonyl (C=O) groups excluding carboxylic acids is 1. The van der Waals surface area contributed by atoms with Crippen LogP contribution >= 0.6 is 0 Å². The van der Waals surface area contributed by atoms with E-state index in [-0.39, 0.29) is 23.5 Å². The van der Waals surface area contributed by atoms with Crippen LogP contribution < -0.4 is 10.2 Å². The van der Waals surface area contributed by atoms with Crippen molar-refractivity contribution in [2.75, 3.05) is 29.5 Å². The number of sulfone groups is 1. The van der Waals surface area contributed by atoms with Gasteiger partial charge < -0.3 is 10.2 Å². The van der Waals surface area contributed by atoms with Crippen LogP contribution in [0.25, 0.3) is 0 Å². The molecule has 1 amide bonds. The van der Waals surface area contributed by atoms with Crippen LogP contribution in [0.2, 0.25) is 0 Å². The number of hydrogen-bond donors (Lipinski definition) is 1. The summed E-state index contributed by atoms with van der Waals surface area (Å²) in [5, 5.41) is 2.78. The van der Waals surface area contributed by atoms with E-state index in [4.69, 9.17) is 0 Å². The second-order valence-electron chi connectivity index (χ2n) is 6.32. The predicted molar refractivity (Wildman–Crippen MR) is 87.4 cm³/mol. The molecular formula is C15H22N4O3S. The Morgan fingerprint density at radius 2 is 2.00 bits per heavy atom. The lowest BCUT2D eigenvalue weighted by Gasteiger charge is -2.27. The van der Waals surface area contributed by atoms with E-state index in [1.54, 1.807) is 6.07 Å². The predicted octanol–water partition coefficient (Wildman–Crippen LogP) is 0.692. The first-order chi connectivity index (χ1) is 10.9. The highest BCUT2D eigenvalue weighted by atomic mass is 32.2. The molecule has 0 aliphatic carbocycles. The van der Waals surface area contributed by atoms with Crippen molar-refractivity contribution in [2.24, 2.45) is 0 Å². The quantitative estimate of drug-likeness (QED) is 0.872. The van der Waals surface area contributed by atoms with Gasteiger partial charge in [0.1, 0.15) is 5.69 Å². The molecule has 0 saturated carbocycles. The average molecular weight is 338 g/mol. The SMILES string of the molecule is Cc1cc(C(=O)N[C@@H]2CCS(=O)(=O)C2)nc(N2CCCCC2)n1. The number of hydrogen-bond acceptors (Lipinski definition) is 6. The highest BCUT2D eigenvalue weighted by Gasteiger charge is 2.29. The van der Waals surface area contributed by atoms with Crippen LogP contribution in [0.1, 0.15) is 41.9 Å². The van der Waals surface area contributed by atoms with E-state index in [0.717, 1.165) is 31.6 Å². The summed E-state index contributed by atoms with van der Waals surface area (Å²) >= 11 is 0. The second kappa shape index (κ2) is 6.43. The summed E-state index contributed by atoms with van der Waals surface area (Å²) in [6.07, 6.45) is 3.90. The average Bonchev–Trinajstić information content (AvgIpc) is 2.86. The van der Waals surface area contributed by atoms with Gasteiger partial charge in [0.2, 0.25) is 5.95 Å². The maximum atomic E-state index is 12.4. The van der Waals surface area contributed by atoms with Gasteiger partial charge in [-0.05, 0) is 38.7 Å². The smallest absolute Gasteiger partial charge is 0.270 e. The van der Waals surface area contributed by atoms with Gasteiger partial charge in [0.25, 0.3) is 5.91 Å². The molecule has 1 aromatic rings. The number of anilines is 1. The minimum absolute atomic E-state index is 0.0157. The molecule has 1 atom stereocenters. The van der Waals surface area contributed by atoms with Crippen molar-refractivity contribution in [2.45, 2.75) is 38.6 Å². The summed E-state index contributed by atoms with van der Waals surface area (Å²) in [5.74, 6) is 0.423. The lowest BCUT2D eigenvalue weighted by Crippen LogP contribution is -2.37. The standard InChI is InChI=1S/C15H22N4O3S/c1-11-9-13(14(20)17-12-5-8-23(21,22)10-12)18-15(16-11)19-6-3-2-4-7-19/h9,12H,2-8,10H2,1H3,(H,17,20)/t12-/m1/s1. The molecule has 126 valence electrons. The van der Waals surface area contributed by atoms with Gasteiger partial charge in [-0.2, -0.15) is 0 Å². The lowest BCUT2D eigenvalue weighted by atomic mass is 10.1. The molecule has 0 radical (unpaired) electrons. The van der Waals surface area contributed by atoms with Gasteiger partial charge in [-0.25, -0.2) is 18.4 Å². The second-order valence-corrected chi connectivity index (χ2v) is 8.54. The van der Waals surface area contributed by atoms with E-state index >= 15 is 0 Å². The first-order valence-electron chi connectivity index (χ1n) is 8.05. The number of carbonyl (C=O) groups is 1. The molecular weight excluding hydrogens is 316 g/mol. The van der Waals surface area contributed by atoms with Crippen LogP contribution in [0.4, 0.5) is 5.95 Å². The van der Waals surface area contributed by atoms with Crippen LogP contribution in [-0.2, 0) is 9.84 Å². The van der Waals surface area contributed by atoms with Crippen molar-refractivity contribution in [1.29, 1.82) is 0 Å². The van der Waals surface area contributed by atoms with Gasteiger partial charge in [0.15, 0.2) is 9.84 Å². The zero-order chi connectivity index (χ0) is 16.4. The first kappa shape index (κ1) is 16.2. The van der Waals surface area contributed by atoms with Crippen molar-refractivity contribution < 1.29 is 13.2 Å². The molecule has 1 N–H and O–H groups in total.